The van der Waals surface area contributed by atoms with Crippen LogP contribution in [-0.2, 0) is 6.54 Å². The molecular formula is C18H30N2. The van der Waals surface area contributed by atoms with E-state index in [0.717, 1.165) is 25.0 Å². The van der Waals surface area contributed by atoms with Gasteiger partial charge in [-0.2, -0.15) is 0 Å². The van der Waals surface area contributed by atoms with E-state index in [4.69, 9.17) is 0 Å². The molecule has 20 heavy (non-hydrogen) atoms. The van der Waals surface area contributed by atoms with E-state index in [1.54, 1.807) is 0 Å². The Balaban J connectivity index is 2.03. The van der Waals surface area contributed by atoms with Crippen molar-refractivity contribution in [1.82, 2.24) is 5.32 Å². The fourth-order valence-electron chi connectivity index (χ4n) is 3.23. The van der Waals surface area contributed by atoms with Gasteiger partial charge in [-0.1, -0.05) is 32.0 Å². The summed E-state index contributed by atoms with van der Waals surface area (Å²) < 4.78 is 0. The molecule has 0 atom stereocenters. The average molecular weight is 274 g/mol. The van der Waals surface area contributed by atoms with Gasteiger partial charge in [-0.15, -0.1) is 0 Å². The van der Waals surface area contributed by atoms with Crippen molar-refractivity contribution >= 4 is 5.69 Å². The Hall–Kier alpha value is -1.02. The summed E-state index contributed by atoms with van der Waals surface area (Å²) in [6.07, 6.45) is 6.64. The molecule has 1 saturated carbocycles. The lowest BCUT2D eigenvalue weighted by molar-refractivity contribution is 0.340. The maximum absolute atomic E-state index is 3.53. The molecule has 1 fully saturated rings. The van der Waals surface area contributed by atoms with E-state index in [2.05, 4.69) is 55.4 Å². The fraction of sp³-hybridized carbons (Fsp3) is 0.667. The van der Waals surface area contributed by atoms with Crippen LogP contribution in [0.4, 0.5) is 5.69 Å². The molecule has 0 unspecified atom stereocenters. The lowest BCUT2D eigenvalue weighted by Crippen LogP contribution is -2.35. The molecule has 2 nitrogen and oxygen atoms in total. The Kier molecular flexibility index (Phi) is 5.90. The molecule has 1 aliphatic carbocycles. The summed E-state index contributed by atoms with van der Waals surface area (Å²) in [5.41, 5.74) is 2.85. The highest BCUT2D eigenvalue weighted by Crippen LogP contribution is 2.30. The number of nitrogens with one attached hydrogen (secondary N) is 1. The van der Waals surface area contributed by atoms with Gasteiger partial charge in [0.25, 0.3) is 0 Å². The Bertz CT molecular complexity index is 394. The van der Waals surface area contributed by atoms with Crippen LogP contribution in [0.1, 0.15) is 51.5 Å². The smallest absolute Gasteiger partial charge is 0.0411 e. The van der Waals surface area contributed by atoms with Crippen molar-refractivity contribution in [3.63, 3.8) is 0 Å². The summed E-state index contributed by atoms with van der Waals surface area (Å²) in [6, 6.07) is 9.59. The lowest BCUT2D eigenvalue weighted by atomic mass is 9.86. The Morgan fingerprint density at radius 2 is 1.85 bits per heavy atom. The summed E-state index contributed by atoms with van der Waals surface area (Å²) in [5, 5.41) is 3.53. The van der Waals surface area contributed by atoms with Gasteiger partial charge in [0.1, 0.15) is 0 Å². The molecule has 1 N–H and O–H groups in total. The summed E-state index contributed by atoms with van der Waals surface area (Å²) >= 11 is 0. The molecule has 2 rings (SSSR count). The van der Waals surface area contributed by atoms with Crippen LogP contribution < -0.4 is 10.2 Å². The Labute approximate surface area is 124 Å². The molecule has 0 aliphatic heterocycles. The molecule has 112 valence electrons. The SMILES string of the molecule is CCCNCc1ccccc1N(C)C1CCC(C)CC1. The highest BCUT2D eigenvalue weighted by atomic mass is 15.1. The Morgan fingerprint density at radius 3 is 2.55 bits per heavy atom. The highest BCUT2D eigenvalue weighted by Gasteiger charge is 2.22. The summed E-state index contributed by atoms with van der Waals surface area (Å²) in [7, 11) is 2.28. The maximum Gasteiger partial charge on any atom is 0.0411 e. The second-order valence-corrected chi connectivity index (χ2v) is 6.33. The zero-order valence-electron chi connectivity index (χ0n) is 13.4. The molecule has 1 aromatic carbocycles. The van der Waals surface area contributed by atoms with Gasteiger partial charge in [0.05, 0.1) is 0 Å². The topological polar surface area (TPSA) is 15.3 Å². The van der Waals surface area contributed by atoms with E-state index in [1.165, 1.54) is 43.4 Å². The first kappa shape index (κ1) is 15.4. The van der Waals surface area contributed by atoms with E-state index in [0.29, 0.717) is 0 Å². The van der Waals surface area contributed by atoms with Gasteiger partial charge in [0.2, 0.25) is 0 Å². The van der Waals surface area contributed by atoms with Crippen molar-refractivity contribution in [2.45, 2.75) is 58.5 Å². The fourth-order valence-corrected chi connectivity index (χ4v) is 3.23. The minimum Gasteiger partial charge on any atom is -0.371 e. The molecule has 0 aromatic heterocycles. The van der Waals surface area contributed by atoms with Crippen LogP contribution in [0.3, 0.4) is 0 Å². The van der Waals surface area contributed by atoms with Crippen molar-refractivity contribution in [3.05, 3.63) is 29.8 Å². The van der Waals surface area contributed by atoms with Crippen LogP contribution in [0.5, 0.6) is 0 Å². The van der Waals surface area contributed by atoms with Gasteiger partial charge in [0.15, 0.2) is 0 Å². The van der Waals surface area contributed by atoms with Gasteiger partial charge in [-0.25, -0.2) is 0 Å². The number of anilines is 1. The summed E-state index contributed by atoms with van der Waals surface area (Å²) in [6.45, 7) is 6.68. The summed E-state index contributed by atoms with van der Waals surface area (Å²) in [4.78, 5) is 2.52. The van der Waals surface area contributed by atoms with Crippen molar-refractivity contribution in [3.8, 4) is 0 Å². The zero-order chi connectivity index (χ0) is 14.4. The van der Waals surface area contributed by atoms with E-state index < -0.39 is 0 Å². The minimum atomic E-state index is 0.721. The largest absolute Gasteiger partial charge is 0.371 e. The van der Waals surface area contributed by atoms with Gasteiger partial charge in [0, 0.05) is 25.3 Å². The molecule has 0 saturated heterocycles. The van der Waals surface area contributed by atoms with Crippen molar-refractivity contribution in [1.29, 1.82) is 0 Å². The predicted octanol–water partition coefficient (Wildman–Crippen LogP) is 4.20. The highest BCUT2D eigenvalue weighted by molar-refractivity contribution is 5.53. The van der Waals surface area contributed by atoms with Crippen LogP contribution in [0.25, 0.3) is 0 Å². The van der Waals surface area contributed by atoms with Gasteiger partial charge in [-0.05, 0) is 56.2 Å². The molecule has 0 radical (unpaired) electrons. The number of benzene rings is 1. The molecule has 1 aromatic rings. The van der Waals surface area contributed by atoms with Crippen LogP contribution in [0.2, 0.25) is 0 Å². The summed E-state index contributed by atoms with van der Waals surface area (Å²) in [5.74, 6) is 0.918. The normalized spacial score (nSPS) is 22.8. The third-order valence-corrected chi connectivity index (χ3v) is 4.65. The second kappa shape index (κ2) is 7.68. The van der Waals surface area contributed by atoms with E-state index in [9.17, 15) is 0 Å². The van der Waals surface area contributed by atoms with Crippen LogP contribution in [0, 0.1) is 5.92 Å². The van der Waals surface area contributed by atoms with Crippen molar-refractivity contribution in [2.75, 3.05) is 18.5 Å². The number of para-hydroxylation sites is 1. The van der Waals surface area contributed by atoms with E-state index in [1.807, 2.05) is 0 Å². The number of rotatable bonds is 6. The molecule has 0 spiro atoms. The molecule has 0 amide bonds. The van der Waals surface area contributed by atoms with Crippen LogP contribution in [-0.4, -0.2) is 19.6 Å². The van der Waals surface area contributed by atoms with Gasteiger partial charge >= 0.3 is 0 Å². The minimum absolute atomic E-state index is 0.721. The quantitative estimate of drug-likeness (QED) is 0.782. The lowest BCUT2D eigenvalue weighted by Gasteiger charge is -2.36. The third kappa shape index (κ3) is 3.99. The van der Waals surface area contributed by atoms with Gasteiger partial charge < -0.3 is 10.2 Å². The number of hydrogen-bond donors (Lipinski definition) is 1. The van der Waals surface area contributed by atoms with Crippen molar-refractivity contribution < 1.29 is 0 Å². The first-order chi connectivity index (χ1) is 9.72. The van der Waals surface area contributed by atoms with Crippen LogP contribution in [0.15, 0.2) is 24.3 Å². The van der Waals surface area contributed by atoms with E-state index >= 15 is 0 Å². The van der Waals surface area contributed by atoms with Gasteiger partial charge in [-0.3, -0.25) is 0 Å². The first-order valence-electron chi connectivity index (χ1n) is 8.23. The Morgan fingerprint density at radius 1 is 1.15 bits per heavy atom. The standard InChI is InChI=1S/C18H30N2/c1-4-13-19-14-16-7-5-6-8-18(16)20(3)17-11-9-15(2)10-12-17/h5-8,15,17,19H,4,9-14H2,1-3H3. The average Bonchev–Trinajstić information content (AvgIpc) is 2.48. The molecule has 1 aliphatic rings. The van der Waals surface area contributed by atoms with Crippen LogP contribution >= 0.6 is 0 Å². The number of nitrogens with zero attached hydrogens (tertiary/aromatic N) is 1. The maximum atomic E-state index is 3.53. The predicted molar refractivity (Wildman–Crippen MR) is 88.3 cm³/mol. The molecule has 0 bridgehead atoms. The molecular weight excluding hydrogens is 244 g/mol. The third-order valence-electron chi connectivity index (χ3n) is 4.65. The molecule has 0 heterocycles. The molecule has 2 heteroatoms. The van der Waals surface area contributed by atoms with E-state index in [-0.39, 0.29) is 0 Å². The first-order valence-corrected chi connectivity index (χ1v) is 8.23. The zero-order valence-corrected chi connectivity index (χ0v) is 13.4. The monoisotopic (exact) mass is 274 g/mol. The van der Waals surface area contributed by atoms with Crippen molar-refractivity contribution in [2.24, 2.45) is 5.92 Å². The number of hydrogen-bond acceptors (Lipinski definition) is 2. The second-order valence-electron chi connectivity index (χ2n) is 6.33.